The third-order valence-electron chi connectivity index (χ3n) is 5.71. The van der Waals surface area contributed by atoms with Crippen LogP contribution in [-0.4, -0.2) is 43.0 Å². The smallest absolute Gasteiger partial charge is 0.256 e. The van der Waals surface area contributed by atoms with Gasteiger partial charge in [0, 0.05) is 43.8 Å². The molecule has 2 aromatic rings. The highest BCUT2D eigenvalue weighted by Gasteiger charge is 2.35. The zero-order chi connectivity index (χ0) is 18.1. The van der Waals surface area contributed by atoms with Crippen molar-refractivity contribution < 1.29 is 4.79 Å². The van der Waals surface area contributed by atoms with Crippen molar-refractivity contribution >= 4 is 36.4 Å². The molecule has 2 heterocycles. The standard InChI is InChI=1S/C22H27N3O.2ClH/c1-16-9-10-21(24-11-5-6-12-24)18(13-16)22(26)25-14-19(20(23)15-25)17-7-3-2-4-8-17;;/h2-4,7-10,13,19-20H,5-6,11-12,14-15,23H2,1H3;2*1H/t19-,20+;;/m0../s1. The normalized spacial score (nSPS) is 21.2. The third kappa shape index (κ3) is 4.45. The number of carbonyl (C=O) groups excluding carboxylic acids is 1. The molecular formula is C22H29Cl2N3O. The molecule has 2 atom stereocenters. The Hall–Kier alpha value is -1.75. The predicted molar refractivity (Wildman–Crippen MR) is 120 cm³/mol. The number of anilines is 1. The molecule has 0 bridgehead atoms. The number of benzene rings is 2. The van der Waals surface area contributed by atoms with Crippen LogP contribution in [0.4, 0.5) is 5.69 Å². The van der Waals surface area contributed by atoms with E-state index in [1.807, 2.05) is 36.1 Å². The van der Waals surface area contributed by atoms with Gasteiger partial charge in [-0.2, -0.15) is 0 Å². The Labute approximate surface area is 179 Å². The quantitative estimate of drug-likeness (QED) is 0.814. The van der Waals surface area contributed by atoms with Gasteiger partial charge in [-0.3, -0.25) is 4.79 Å². The van der Waals surface area contributed by atoms with Gasteiger partial charge >= 0.3 is 0 Å². The van der Waals surface area contributed by atoms with Gasteiger partial charge in [-0.25, -0.2) is 0 Å². The number of likely N-dealkylation sites (tertiary alicyclic amines) is 1. The molecular weight excluding hydrogens is 393 g/mol. The van der Waals surface area contributed by atoms with E-state index in [0.29, 0.717) is 13.1 Å². The Kier molecular flexibility index (Phi) is 7.76. The number of hydrogen-bond donors (Lipinski definition) is 1. The summed E-state index contributed by atoms with van der Waals surface area (Å²) in [5.41, 5.74) is 10.7. The van der Waals surface area contributed by atoms with Gasteiger partial charge in [0.25, 0.3) is 5.91 Å². The summed E-state index contributed by atoms with van der Waals surface area (Å²) in [5.74, 6) is 0.324. The molecule has 2 aliphatic rings. The summed E-state index contributed by atoms with van der Waals surface area (Å²) in [5, 5.41) is 0. The van der Waals surface area contributed by atoms with Crippen LogP contribution in [0.1, 0.15) is 40.2 Å². The minimum atomic E-state index is -0.0126. The van der Waals surface area contributed by atoms with Crippen LogP contribution in [0.3, 0.4) is 0 Å². The number of halogens is 2. The zero-order valence-corrected chi connectivity index (χ0v) is 17.8. The number of carbonyl (C=O) groups is 1. The van der Waals surface area contributed by atoms with Gasteiger partial charge in [0.05, 0.1) is 5.56 Å². The fourth-order valence-corrected chi connectivity index (χ4v) is 4.27. The van der Waals surface area contributed by atoms with E-state index in [-0.39, 0.29) is 42.7 Å². The summed E-state index contributed by atoms with van der Waals surface area (Å²) >= 11 is 0. The van der Waals surface area contributed by atoms with E-state index >= 15 is 0 Å². The lowest BCUT2D eigenvalue weighted by atomic mass is 9.95. The number of nitrogens with two attached hydrogens (primary N) is 1. The largest absolute Gasteiger partial charge is 0.371 e. The van der Waals surface area contributed by atoms with E-state index in [1.165, 1.54) is 18.4 Å². The van der Waals surface area contributed by atoms with E-state index in [4.69, 9.17) is 5.73 Å². The molecule has 0 radical (unpaired) electrons. The van der Waals surface area contributed by atoms with E-state index in [0.717, 1.165) is 29.9 Å². The molecule has 0 spiro atoms. The van der Waals surface area contributed by atoms with Crippen molar-refractivity contribution in [1.29, 1.82) is 0 Å². The second-order valence-corrected chi connectivity index (χ2v) is 7.61. The van der Waals surface area contributed by atoms with Crippen LogP contribution in [0.2, 0.25) is 0 Å². The molecule has 2 aliphatic heterocycles. The molecule has 2 N–H and O–H groups in total. The first kappa shape index (κ1) is 22.5. The summed E-state index contributed by atoms with van der Waals surface area (Å²) < 4.78 is 0. The Morgan fingerprint density at radius 1 is 1.00 bits per heavy atom. The molecule has 0 unspecified atom stereocenters. The molecule has 0 aromatic heterocycles. The molecule has 2 aromatic carbocycles. The fraction of sp³-hybridized carbons (Fsp3) is 0.409. The Morgan fingerprint density at radius 3 is 2.36 bits per heavy atom. The lowest BCUT2D eigenvalue weighted by molar-refractivity contribution is 0.0789. The molecule has 28 heavy (non-hydrogen) atoms. The maximum absolute atomic E-state index is 13.3. The molecule has 152 valence electrons. The first-order valence-corrected chi connectivity index (χ1v) is 9.59. The van der Waals surface area contributed by atoms with Gasteiger partial charge < -0.3 is 15.5 Å². The molecule has 0 aliphatic carbocycles. The number of rotatable bonds is 3. The van der Waals surface area contributed by atoms with Crippen LogP contribution in [0.25, 0.3) is 0 Å². The van der Waals surface area contributed by atoms with Crippen molar-refractivity contribution in [3.05, 3.63) is 65.2 Å². The summed E-state index contributed by atoms with van der Waals surface area (Å²) in [7, 11) is 0. The van der Waals surface area contributed by atoms with Gasteiger partial charge in [-0.05, 0) is 37.5 Å². The number of hydrogen-bond acceptors (Lipinski definition) is 3. The summed E-state index contributed by atoms with van der Waals surface area (Å²) in [6.45, 7) is 5.43. The molecule has 2 fully saturated rings. The van der Waals surface area contributed by atoms with Gasteiger partial charge in [0.2, 0.25) is 0 Å². The average molecular weight is 422 g/mol. The van der Waals surface area contributed by atoms with Gasteiger partial charge in [-0.15, -0.1) is 24.8 Å². The maximum atomic E-state index is 13.3. The van der Waals surface area contributed by atoms with Crippen LogP contribution in [0.15, 0.2) is 48.5 Å². The van der Waals surface area contributed by atoms with Gasteiger partial charge in [0.15, 0.2) is 0 Å². The molecule has 2 saturated heterocycles. The highest BCUT2D eigenvalue weighted by atomic mass is 35.5. The van der Waals surface area contributed by atoms with Crippen molar-refractivity contribution in [3.8, 4) is 0 Å². The van der Waals surface area contributed by atoms with Crippen LogP contribution < -0.4 is 10.6 Å². The maximum Gasteiger partial charge on any atom is 0.256 e. The SMILES string of the molecule is Cc1ccc(N2CCCC2)c(C(=O)N2C[C@@H](N)[C@H](c3ccccc3)C2)c1.Cl.Cl. The minimum Gasteiger partial charge on any atom is -0.371 e. The number of amides is 1. The molecule has 6 heteroatoms. The highest BCUT2D eigenvalue weighted by molar-refractivity contribution is 6.00. The van der Waals surface area contributed by atoms with E-state index < -0.39 is 0 Å². The van der Waals surface area contributed by atoms with Crippen LogP contribution in [0, 0.1) is 6.92 Å². The second-order valence-electron chi connectivity index (χ2n) is 7.61. The fourth-order valence-electron chi connectivity index (χ4n) is 4.27. The molecule has 1 amide bonds. The second kappa shape index (κ2) is 9.64. The van der Waals surface area contributed by atoms with E-state index in [2.05, 4.69) is 29.2 Å². The summed E-state index contributed by atoms with van der Waals surface area (Å²) in [6.07, 6.45) is 2.40. The Bertz CT molecular complexity index is 794. The van der Waals surface area contributed by atoms with Crippen molar-refractivity contribution in [1.82, 2.24) is 4.90 Å². The Balaban J connectivity index is 0.00000140. The molecule has 0 saturated carbocycles. The monoisotopic (exact) mass is 421 g/mol. The van der Waals surface area contributed by atoms with Crippen molar-refractivity contribution in [2.24, 2.45) is 5.73 Å². The topological polar surface area (TPSA) is 49.6 Å². The van der Waals surface area contributed by atoms with Crippen LogP contribution in [0.5, 0.6) is 0 Å². The first-order valence-electron chi connectivity index (χ1n) is 9.59. The highest BCUT2D eigenvalue weighted by Crippen LogP contribution is 2.31. The van der Waals surface area contributed by atoms with Crippen LogP contribution in [-0.2, 0) is 0 Å². The first-order chi connectivity index (χ1) is 12.6. The van der Waals surface area contributed by atoms with Gasteiger partial charge in [0.1, 0.15) is 0 Å². The number of aryl methyl sites for hydroxylation is 1. The summed E-state index contributed by atoms with van der Waals surface area (Å²) in [6, 6.07) is 16.6. The van der Waals surface area contributed by atoms with Crippen LogP contribution >= 0.6 is 24.8 Å². The Morgan fingerprint density at radius 2 is 1.68 bits per heavy atom. The molecule has 4 rings (SSSR count). The summed E-state index contributed by atoms with van der Waals surface area (Å²) in [4.78, 5) is 17.6. The number of nitrogens with zero attached hydrogens (tertiary/aromatic N) is 2. The van der Waals surface area contributed by atoms with E-state index in [9.17, 15) is 4.79 Å². The molecule has 4 nitrogen and oxygen atoms in total. The predicted octanol–water partition coefficient (Wildman–Crippen LogP) is 4.01. The van der Waals surface area contributed by atoms with Crippen molar-refractivity contribution in [3.63, 3.8) is 0 Å². The minimum absolute atomic E-state index is 0. The average Bonchev–Trinajstić information content (AvgIpc) is 3.31. The third-order valence-corrected chi connectivity index (χ3v) is 5.71. The van der Waals surface area contributed by atoms with Crippen molar-refractivity contribution in [2.45, 2.75) is 31.7 Å². The van der Waals surface area contributed by atoms with Gasteiger partial charge in [-0.1, -0.05) is 42.0 Å². The zero-order valence-electron chi connectivity index (χ0n) is 16.2. The lowest BCUT2D eigenvalue weighted by Crippen LogP contribution is -2.33. The van der Waals surface area contributed by atoms with Crippen molar-refractivity contribution in [2.75, 3.05) is 31.1 Å². The lowest BCUT2D eigenvalue weighted by Gasteiger charge is -2.24. The van der Waals surface area contributed by atoms with E-state index in [1.54, 1.807) is 0 Å².